The Kier molecular flexibility index (Phi) is 7.49. The van der Waals surface area contributed by atoms with Crippen LogP contribution in [0, 0.1) is 6.92 Å². The third kappa shape index (κ3) is 5.47. The Hall–Kier alpha value is -2.66. The molecule has 0 radical (unpaired) electrons. The van der Waals surface area contributed by atoms with Crippen LogP contribution < -0.4 is 4.90 Å². The lowest BCUT2D eigenvalue weighted by Gasteiger charge is -2.42. The zero-order valence-corrected chi connectivity index (χ0v) is 20.3. The van der Waals surface area contributed by atoms with Gasteiger partial charge in [0.1, 0.15) is 0 Å². The number of fused-ring (bicyclic) bond motifs is 3. The minimum absolute atomic E-state index is 0.148. The second-order valence-corrected chi connectivity index (χ2v) is 9.66. The monoisotopic (exact) mass is 447 g/mol. The van der Waals surface area contributed by atoms with E-state index in [0.29, 0.717) is 31.5 Å². The Morgan fingerprint density at radius 2 is 1.76 bits per heavy atom. The Bertz CT molecular complexity index is 989. The number of amides is 2. The van der Waals surface area contributed by atoms with Crippen LogP contribution in [0.25, 0.3) is 0 Å². The summed E-state index contributed by atoms with van der Waals surface area (Å²) < 4.78 is 0. The van der Waals surface area contributed by atoms with E-state index in [2.05, 4.69) is 37.1 Å². The average Bonchev–Trinajstić information content (AvgIpc) is 2.82. The molecule has 2 aromatic rings. The van der Waals surface area contributed by atoms with Crippen molar-refractivity contribution >= 4 is 17.5 Å². The Morgan fingerprint density at radius 3 is 2.55 bits per heavy atom. The molecule has 2 aliphatic heterocycles. The number of hydrogen-bond acceptors (Lipinski definition) is 3. The van der Waals surface area contributed by atoms with Crippen molar-refractivity contribution in [1.82, 2.24) is 9.80 Å². The van der Waals surface area contributed by atoms with Crippen LogP contribution in [0.1, 0.15) is 55.7 Å². The SMILES string of the molecule is CCC(=O)N1CCC2CCCC(CN(C(=O)Cc3cccc(C)c3)Cc3ccccc31)N2C. The molecule has 0 saturated carbocycles. The van der Waals surface area contributed by atoms with Crippen molar-refractivity contribution in [3.8, 4) is 0 Å². The maximum Gasteiger partial charge on any atom is 0.227 e. The van der Waals surface area contributed by atoms with Gasteiger partial charge in [-0.25, -0.2) is 0 Å². The standard InChI is InChI=1S/C28H37N3O2/c1-4-27(32)31-16-15-24-12-8-13-25(29(24)3)20-30(19-23-11-5-6-14-26(23)31)28(33)18-22-10-7-9-21(2)17-22/h5-7,9-11,14,17,24-25H,4,8,12-13,15-16,18-20H2,1-3H3. The van der Waals surface area contributed by atoms with Gasteiger partial charge in [-0.1, -0.05) is 61.4 Å². The summed E-state index contributed by atoms with van der Waals surface area (Å²) in [6, 6.07) is 17.1. The quantitative estimate of drug-likeness (QED) is 0.693. The van der Waals surface area contributed by atoms with Crippen LogP contribution in [0.2, 0.25) is 0 Å². The highest BCUT2D eigenvalue weighted by molar-refractivity contribution is 5.94. The summed E-state index contributed by atoms with van der Waals surface area (Å²) in [5.41, 5.74) is 4.24. The molecule has 4 rings (SSSR count). The van der Waals surface area contributed by atoms with Crippen molar-refractivity contribution in [3.63, 3.8) is 0 Å². The van der Waals surface area contributed by atoms with E-state index in [1.165, 1.54) is 12.0 Å². The number of aryl methyl sites for hydroxylation is 1. The number of likely N-dealkylation sites (N-methyl/N-ethyl adjacent to an activating group) is 1. The van der Waals surface area contributed by atoms with Gasteiger partial charge in [0.2, 0.25) is 11.8 Å². The predicted molar refractivity (Wildman–Crippen MR) is 133 cm³/mol. The molecule has 0 aliphatic carbocycles. The van der Waals surface area contributed by atoms with E-state index < -0.39 is 0 Å². The van der Waals surface area contributed by atoms with Gasteiger partial charge < -0.3 is 9.80 Å². The number of nitrogens with zero attached hydrogens (tertiary/aromatic N) is 3. The Labute approximate surface area is 198 Å². The van der Waals surface area contributed by atoms with E-state index in [9.17, 15) is 9.59 Å². The van der Waals surface area contributed by atoms with E-state index >= 15 is 0 Å². The predicted octanol–water partition coefficient (Wildman–Crippen LogP) is 4.57. The molecule has 5 nitrogen and oxygen atoms in total. The molecule has 33 heavy (non-hydrogen) atoms. The van der Waals surface area contributed by atoms with Crippen LogP contribution in [-0.4, -0.2) is 53.8 Å². The maximum atomic E-state index is 13.6. The number of carbonyl (C=O) groups excluding carboxylic acids is 2. The van der Waals surface area contributed by atoms with Gasteiger partial charge in [0.05, 0.1) is 6.42 Å². The third-order valence-corrected chi connectivity index (χ3v) is 7.38. The Morgan fingerprint density at radius 1 is 0.970 bits per heavy atom. The van der Waals surface area contributed by atoms with E-state index in [-0.39, 0.29) is 11.8 Å². The molecule has 176 valence electrons. The van der Waals surface area contributed by atoms with Crippen LogP contribution in [0.3, 0.4) is 0 Å². The van der Waals surface area contributed by atoms with Crippen LogP contribution in [0.4, 0.5) is 5.69 Å². The molecule has 2 unspecified atom stereocenters. The van der Waals surface area contributed by atoms with Gasteiger partial charge in [-0.2, -0.15) is 0 Å². The van der Waals surface area contributed by atoms with Gasteiger partial charge in [-0.05, 0) is 50.4 Å². The number of anilines is 1. The number of para-hydroxylation sites is 1. The molecular formula is C28H37N3O2. The topological polar surface area (TPSA) is 43.9 Å². The largest absolute Gasteiger partial charge is 0.336 e. The first-order chi connectivity index (χ1) is 16.0. The lowest BCUT2D eigenvalue weighted by atomic mass is 9.93. The second-order valence-electron chi connectivity index (χ2n) is 9.66. The van der Waals surface area contributed by atoms with Crippen LogP contribution >= 0.6 is 0 Å². The summed E-state index contributed by atoms with van der Waals surface area (Å²) in [4.78, 5) is 33.0. The first kappa shape index (κ1) is 23.5. The number of carbonyl (C=O) groups is 2. The highest BCUT2D eigenvalue weighted by Gasteiger charge is 2.32. The molecule has 2 bridgehead atoms. The number of hydrogen-bond donors (Lipinski definition) is 0. The van der Waals surface area contributed by atoms with Crippen molar-refractivity contribution in [2.24, 2.45) is 0 Å². The number of piperidine rings is 1. The fraction of sp³-hybridized carbons (Fsp3) is 0.500. The second kappa shape index (κ2) is 10.5. The molecule has 0 aromatic heterocycles. The van der Waals surface area contributed by atoms with Gasteiger partial charge in [0.15, 0.2) is 0 Å². The lowest BCUT2D eigenvalue weighted by molar-refractivity contribution is -0.132. The summed E-state index contributed by atoms with van der Waals surface area (Å²) in [5, 5.41) is 0. The van der Waals surface area contributed by atoms with Crippen molar-refractivity contribution in [2.45, 2.75) is 71.0 Å². The van der Waals surface area contributed by atoms with E-state index in [1.807, 2.05) is 47.1 Å². The van der Waals surface area contributed by atoms with Gasteiger partial charge in [0.25, 0.3) is 0 Å². The smallest absolute Gasteiger partial charge is 0.227 e. The fourth-order valence-electron chi connectivity index (χ4n) is 5.44. The van der Waals surface area contributed by atoms with E-state index in [4.69, 9.17) is 0 Å². The number of benzene rings is 2. The normalized spacial score (nSPS) is 21.8. The molecule has 2 atom stereocenters. The fourth-order valence-corrected chi connectivity index (χ4v) is 5.44. The first-order valence-corrected chi connectivity index (χ1v) is 12.4. The minimum Gasteiger partial charge on any atom is -0.336 e. The highest BCUT2D eigenvalue weighted by atomic mass is 16.2. The molecule has 2 aromatic carbocycles. The van der Waals surface area contributed by atoms with Gasteiger partial charge >= 0.3 is 0 Å². The van der Waals surface area contributed by atoms with E-state index in [1.54, 1.807) is 0 Å². The van der Waals surface area contributed by atoms with Gasteiger partial charge in [0, 0.05) is 43.8 Å². The summed E-state index contributed by atoms with van der Waals surface area (Å²) in [5.74, 6) is 0.299. The summed E-state index contributed by atoms with van der Waals surface area (Å²) in [6.45, 7) is 5.98. The molecule has 2 heterocycles. The first-order valence-electron chi connectivity index (χ1n) is 12.4. The van der Waals surface area contributed by atoms with Crippen molar-refractivity contribution < 1.29 is 9.59 Å². The summed E-state index contributed by atoms with van der Waals surface area (Å²) >= 11 is 0. The molecule has 0 spiro atoms. The van der Waals surface area contributed by atoms with Gasteiger partial charge in [-0.3, -0.25) is 14.5 Å². The van der Waals surface area contributed by atoms with E-state index in [0.717, 1.165) is 49.2 Å². The molecule has 0 N–H and O–H groups in total. The van der Waals surface area contributed by atoms with Crippen molar-refractivity contribution in [2.75, 3.05) is 25.0 Å². The molecule has 1 fully saturated rings. The van der Waals surface area contributed by atoms with Crippen molar-refractivity contribution in [1.29, 1.82) is 0 Å². The van der Waals surface area contributed by atoms with Crippen molar-refractivity contribution in [3.05, 3.63) is 65.2 Å². The molecule has 2 amide bonds. The average molecular weight is 448 g/mol. The number of rotatable bonds is 3. The van der Waals surface area contributed by atoms with Crippen LogP contribution in [0.5, 0.6) is 0 Å². The zero-order chi connectivity index (χ0) is 23.4. The minimum atomic E-state index is 0.148. The summed E-state index contributed by atoms with van der Waals surface area (Å²) in [6.07, 6.45) is 5.29. The lowest BCUT2D eigenvalue weighted by Crippen LogP contribution is -2.51. The van der Waals surface area contributed by atoms with Gasteiger partial charge in [-0.15, -0.1) is 0 Å². The molecule has 2 aliphatic rings. The third-order valence-electron chi connectivity index (χ3n) is 7.38. The van der Waals surface area contributed by atoms with Crippen LogP contribution in [-0.2, 0) is 22.6 Å². The zero-order valence-electron chi connectivity index (χ0n) is 20.3. The summed E-state index contributed by atoms with van der Waals surface area (Å²) in [7, 11) is 2.20. The maximum absolute atomic E-state index is 13.6. The Balaban J connectivity index is 1.69. The molecule has 5 heteroatoms. The molecule has 1 saturated heterocycles. The highest BCUT2D eigenvalue weighted by Crippen LogP contribution is 2.30. The molecular weight excluding hydrogens is 410 g/mol. The van der Waals surface area contributed by atoms with Crippen LogP contribution in [0.15, 0.2) is 48.5 Å².